The van der Waals surface area contributed by atoms with Gasteiger partial charge in [0, 0.05) is 44.4 Å². The Hall–Kier alpha value is -7.85. The zero-order valence-corrected chi connectivity index (χ0v) is 56.0. The van der Waals surface area contributed by atoms with Gasteiger partial charge in [-0.1, -0.05) is 119 Å². The van der Waals surface area contributed by atoms with Gasteiger partial charge in [-0.3, -0.25) is 47.9 Å². The van der Waals surface area contributed by atoms with Crippen molar-refractivity contribution in [2.75, 3.05) is 20.3 Å². The van der Waals surface area contributed by atoms with Crippen molar-refractivity contribution in [2.24, 2.45) is 22.7 Å². The summed E-state index contributed by atoms with van der Waals surface area (Å²) in [5, 5.41) is 55.3. The molecule has 0 fully saturated rings. The van der Waals surface area contributed by atoms with Crippen molar-refractivity contribution in [2.45, 2.75) is 202 Å². The number of benzene rings is 4. The zero-order chi connectivity index (χ0) is 69.5. The average molecular weight is 1290 g/mol. The van der Waals surface area contributed by atoms with Crippen LogP contribution in [0.3, 0.4) is 0 Å². The molecule has 0 saturated heterocycles. The van der Waals surface area contributed by atoms with Gasteiger partial charge in [-0.05, 0) is 137 Å². The van der Waals surface area contributed by atoms with Crippen molar-refractivity contribution < 1.29 is 77.5 Å². The van der Waals surface area contributed by atoms with E-state index in [9.17, 15) is 68.4 Å². The summed E-state index contributed by atoms with van der Waals surface area (Å²) in [4.78, 5) is 138. The molecule has 0 aliphatic heterocycles. The van der Waals surface area contributed by atoms with Crippen LogP contribution in [0.25, 0.3) is 11.1 Å². The molecule has 20 nitrogen and oxygen atoms in total. The number of hydrogen-bond donors (Lipinski definition) is 9. The Morgan fingerprint density at radius 1 is 0.634 bits per heavy atom. The zero-order valence-electron chi connectivity index (χ0n) is 56.0. The molecule has 0 radical (unpaired) electrons. The highest BCUT2D eigenvalue weighted by molar-refractivity contribution is 5.99. The van der Waals surface area contributed by atoms with Crippen LogP contribution in [0, 0.1) is 42.3 Å². The van der Waals surface area contributed by atoms with Gasteiger partial charge in [-0.25, -0.2) is 4.39 Å². The Bertz CT molecular complexity index is 3230. The van der Waals surface area contributed by atoms with Crippen molar-refractivity contribution in [3.63, 3.8) is 0 Å². The fourth-order valence-electron chi connectivity index (χ4n) is 11.1. The molecule has 4 aromatic carbocycles. The molecule has 0 heterocycles. The van der Waals surface area contributed by atoms with Crippen molar-refractivity contribution in [1.29, 1.82) is 0 Å². The molecule has 0 bridgehead atoms. The number of aliphatic hydroxyl groups excluding tert-OH is 3. The molecule has 9 N–H and O–H groups in total. The van der Waals surface area contributed by atoms with Gasteiger partial charge in [0.15, 0.2) is 23.1 Å². The minimum Gasteiger partial charge on any atom is -0.493 e. The number of aliphatic carboxylic acids is 1. The smallest absolute Gasteiger partial charge is 0.305 e. The number of carbonyl (C=O) groups is 10. The molecule has 0 saturated carbocycles. The molecule has 1 unspecified atom stereocenters. The molecule has 508 valence electrons. The Balaban J connectivity index is 1.62. The summed E-state index contributed by atoms with van der Waals surface area (Å²) in [5.74, 6) is -11.5. The fraction of sp³-hybridized carbons (Fsp3) is 0.528. The van der Waals surface area contributed by atoms with E-state index in [-0.39, 0.29) is 54.6 Å². The summed E-state index contributed by atoms with van der Waals surface area (Å²) in [7, 11) is 1.57. The molecule has 21 heteroatoms. The molecule has 4 rings (SSSR count). The number of carbonyl (C=O) groups excluding carboxylic acids is 9. The number of ether oxygens (including phenoxy) is 1. The van der Waals surface area contributed by atoms with Crippen molar-refractivity contribution in [3.8, 4) is 16.9 Å². The molecule has 0 aliphatic rings. The van der Waals surface area contributed by atoms with Crippen molar-refractivity contribution >= 4 is 58.5 Å². The first kappa shape index (κ1) is 77.6. The predicted octanol–water partition coefficient (Wildman–Crippen LogP) is 7.13. The average Bonchev–Trinajstić information content (AvgIpc) is 0.976. The molecular formula is C72H98FN5O15. The van der Waals surface area contributed by atoms with Crippen LogP contribution < -0.4 is 31.3 Å². The molecule has 93 heavy (non-hydrogen) atoms. The highest BCUT2D eigenvalue weighted by Crippen LogP contribution is 2.33. The van der Waals surface area contributed by atoms with Crippen LogP contribution in [0.5, 0.6) is 5.75 Å². The Kier molecular flexibility index (Phi) is 30.5. The van der Waals surface area contributed by atoms with E-state index in [1.165, 1.54) is 32.0 Å². The van der Waals surface area contributed by atoms with Crippen LogP contribution in [-0.4, -0.2) is 142 Å². The number of amides is 4. The van der Waals surface area contributed by atoms with E-state index in [0.717, 1.165) is 52.1 Å². The van der Waals surface area contributed by atoms with Gasteiger partial charge in [0.25, 0.3) is 0 Å². The molecule has 0 aliphatic carbocycles. The highest BCUT2D eigenvalue weighted by Gasteiger charge is 2.43. The van der Waals surface area contributed by atoms with E-state index in [1.54, 1.807) is 20.9 Å². The van der Waals surface area contributed by atoms with Gasteiger partial charge in [0.05, 0.1) is 61.3 Å². The van der Waals surface area contributed by atoms with Crippen LogP contribution >= 0.6 is 0 Å². The number of likely N-dealkylation sites (N-methyl/N-ethyl adjacent to an activating group) is 1. The number of aliphatic hydroxyl groups is 3. The maximum absolute atomic E-state index is 15.3. The monoisotopic (exact) mass is 1290 g/mol. The van der Waals surface area contributed by atoms with Gasteiger partial charge < -0.3 is 51.7 Å². The summed E-state index contributed by atoms with van der Waals surface area (Å²) >= 11 is 0. The van der Waals surface area contributed by atoms with E-state index < -0.39 is 151 Å². The Morgan fingerprint density at radius 2 is 1.24 bits per heavy atom. The maximum atomic E-state index is 15.3. The van der Waals surface area contributed by atoms with Crippen molar-refractivity contribution in [3.05, 3.63) is 124 Å². The number of aryl methyl sites for hydroxylation is 4. The number of hydrogen-bond acceptors (Lipinski definition) is 15. The summed E-state index contributed by atoms with van der Waals surface area (Å²) in [6.45, 7) is 18.6. The lowest BCUT2D eigenvalue weighted by Crippen LogP contribution is -2.55. The second kappa shape index (κ2) is 36.6. The standard InChI is InChI=1S/C72H98FN5O15/c1-13-49-34-54(93-41-71(8,9)10)26-27-55(49)50-24-22-47(23-25-50)33-52(68(90)75-57(59(82)14-2)21-17-18-48-31-42(3)30-43(4)32-48)35-61(84)58(37-65(88)89)76-69(91)53(40-79)36-62(85)66(45(6)80)78-70(92)72(11,38-51-19-15-16-20-56(51)73)39-63(86)67(46(7)81)77-64(87)29-28-60(83)44(5)74-12/h15-16,19-20,22-27,30-32,34,44-46,52-53,57-58,66-67,74,79-81H,13-14,17-18,21,28-29,33,35-41H2,1-12H3,(H,75,90)(H,76,91)(H,77,87)(H,78,92)(H,88,89)/t44-,45+,46+,52+,53-,57?,58-,66-,67-,72+/m0/s1. The first-order chi connectivity index (χ1) is 43.7. The summed E-state index contributed by atoms with van der Waals surface area (Å²) < 4.78 is 21.4. The molecule has 0 spiro atoms. The number of rotatable bonds is 40. The third-order valence-electron chi connectivity index (χ3n) is 16.5. The predicted molar refractivity (Wildman–Crippen MR) is 351 cm³/mol. The summed E-state index contributed by atoms with van der Waals surface area (Å²) in [6.07, 6.45) is -5.38. The normalized spacial score (nSPS) is 15.1. The SMILES string of the molecule is CCC(=O)C(CCCc1cc(C)cc(C)c1)NC(=O)[C@@H](CC(=O)[C@H](CC(=O)O)NC(=O)[C@H](CO)CC(=O)[C@@H](NC(=O)[C@@](C)(CC(=O)[C@@H](NC(=O)CCC(=O)[C@H](C)NC)[C@@H](C)O)Cc1ccccc1F)[C@@H](C)O)Cc1ccc(-c2ccc(OCC(C)(C)C)cc2CC)cc1. The molecule has 4 amide bonds. The van der Waals surface area contributed by atoms with Gasteiger partial charge in [-0.15, -0.1) is 0 Å². The molecular weight excluding hydrogens is 1190 g/mol. The van der Waals surface area contributed by atoms with Gasteiger partial charge >= 0.3 is 5.97 Å². The molecule has 4 aromatic rings. The van der Waals surface area contributed by atoms with Gasteiger partial charge in [0.1, 0.15) is 29.4 Å². The van der Waals surface area contributed by atoms with Crippen molar-refractivity contribution in [1.82, 2.24) is 26.6 Å². The minimum absolute atomic E-state index is 0.0394. The first-order valence-corrected chi connectivity index (χ1v) is 32.1. The largest absolute Gasteiger partial charge is 0.493 e. The quantitative estimate of drug-likeness (QED) is 0.0214. The Morgan fingerprint density at radius 3 is 1.81 bits per heavy atom. The fourth-order valence-corrected chi connectivity index (χ4v) is 11.1. The first-order valence-electron chi connectivity index (χ1n) is 32.1. The summed E-state index contributed by atoms with van der Waals surface area (Å²) in [6, 6.07) is 18.0. The van der Waals surface area contributed by atoms with Crippen LogP contribution in [0.4, 0.5) is 4.39 Å². The number of nitrogens with one attached hydrogen (secondary N) is 5. The number of carboxylic acids is 1. The third kappa shape index (κ3) is 24.9. The second-order valence-electron chi connectivity index (χ2n) is 26.2. The third-order valence-corrected chi connectivity index (χ3v) is 16.5. The molecule has 0 aromatic heterocycles. The van der Waals surface area contributed by atoms with E-state index in [0.29, 0.717) is 31.4 Å². The van der Waals surface area contributed by atoms with Crippen LogP contribution in [0.2, 0.25) is 0 Å². The highest BCUT2D eigenvalue weighted by atomic mass is 19.1. The van der Waals surface area contributed by atoms with Crippen LogP contribution in [0.1, 0.15) is 153 Å². The lowest BCUT2D eigenvalue weighted by Gasteiger charge is -2.33. The van der Waals surface area contributed by atoms with Crippen LogP contribution in [-0.2, 0) is 73.6 Å². The van der Waals surface area contributed by atoms with Gasteiger partial charge in [0.2, 0.25) is 23.6 Å². The number of halogens is 1. The number of ketones is 5. The maximum Gasteiger partial charge on any atom is 0.305 e. The van der Waals surface area contributed by atoms with Gasteiger partial charge in [-0.2, -0.15) is 0 Å². The van der Waals surface area contributed by atoms with E-state index in [4.69, 9.17) is 4.74 Å². The van der Waals surface area contributed by atoms with E-state index in [1.807, 2.05) is 63.2 Å². The lowest BCUT2D eigenvalue weighted by molar-refractivity contribution is -0.142. The number of Topliss-reactive ketones (excluding diaryl/α,β-unsaturated/α-hetero) is 5. The minimum atomic E-state index is -1.97. The van der Waals surface area contributed by atoms with E-state index in [2.05, 4.69) is 65.6 Å². The van der Waals surface area contributed by atoms with Crippen LogP contribution in [0.15, 0.2) is 84.9 Å². The summed E-state index contributed by atoms with van der Waals surface area (Å²) in [5.41, 5.74) is 4.65. The number of carboxylic acid groups (broad SMARTS) is 1. The van der Waals surface area contributed by atoms with E-state index >= 15 is 4.39 Å². The molecule has 10 atom stereocenters. The second-order valence-corrected chi connectivity index (χ2v) is 26.2. The lowest BCUT2D eigenvalue weighted by atomic mass is 9.76. The Labute approximate surface area is 546 Å². The topological polar surface area (TPSA) is 321 Å².